The number of benzene rings is 1. The summed E-state index contributed by atoms with van der Waals surface area (Å²) >= 11 is 11.3. The van der Waals surface area contributed by atoms with E-state index in [1.807, 2.05) is 0 Å². The Labute approximate surface area is 122 Å². The molecule has 0 spiro atoms. The van der Waals surface area contributed by atoms with Gasteiger partial charge in [-0.2, -0.15) is 13.2 Å². The van der Waals surface area contributed by atoms with Crippen LogP contribution in [0.5, 0.6) is 0 Å². The van der Waals surface area contributed by atoms with Crippen molar-refractivity contribution in [3.8, 4) is 0 Å². The van der Waals surface area contributed by atoms with Crippen molar-refractivity contribution in [2.24, 2.45) is 0 Å². The fraction of sp³-hybridized carbons (Fsp3) is 0.167. The van der Waals surface area contributed by atoms with Gasteiger partial charge in [-0.3, -0.25) is 0 Å². The van der Waals surface area contributed by atoms with Gasteiger partial charge < -0.3 is 5.32 Å². The lowest BCUT2D eigenvalue weighted by molar-refractivity contribution is -0.136. The van der Waals surface area contributed by atoms with E-state index in [0.29, 0.717) is 5.69 Å². The first kappa shape index (κ1) is 14.9. The third kappa shape index (κ3) is 3.52. The first-order chi connectivity index (χ1) is 9.25. The van der Waals surface area contributed by atoms with E-state index >= 15 is 0 Å². The lowest BCUT2D eigenvalue weighted by atomic mass is 10.1. The van der Waals surface area contributed by atoms with Crippen LogP contribution in [0, 0.1) is 6.92 Å². The van der Waals surface area contributed by atoms with Crippen LogP contribution in [0.3, 0.4) is 0 Å². The highest BCUT2D eigenvalue weighted by atomic mass is 35.5. The van der Waals surface area contributed by atoms with Gasteiger partial charge in [0.2, 0.25) is 5.28 Å². The third-order valence-corrected chi connectivity index (χ3v) is 2.78. The summed E-state index contributed by atoms with van der Waals surface area (Å²) < 4.78 is 38.8. The Bertz CT molecular complexity index is 624. The van der Waals surface area contributed by atoms with Crippen LogP contribution in [0.15, 0.2) is 24.3 Å². The minimum atomic E-state index is -4.53. The highest BCUT2D eigenvalue weighted by Gasteiger charge is 2.33. The van der Waals surface area contributed by atoms with E-state index in [2.05, 4.69) is 15.3 Å². The van der Waals surface area contributed by atoms with Gasteiger partial charge in [0.25, 0.3) is 0 Å². The Morgan fingerprint density at radius 3 is 2.40 bits per heavy atom. The topological polar surface area (TPSA) is 37.8 Å². The summed E-state index contributed by atoms with van der Waals surface area (Å²) in [4.78, 5) is 7.65. The first-order valence-electron chi connectivity index (χ1n) is 5.40. The monoisotopic (exact) mass is 321 g/mol. The zero-order valence-electron chi connectivity index (χ0n) is 10.1. The second-order valence-corrected chi connectivity index (χ2v) is 4.75. The summed E-state index contributed by atoms with van der Waals surface area (Å²) in [6, 6.07) is 4.92. The fourth-order valence-electron chi connectivity index (χ4n) is 1.59. The molecule has 0 aliphatic carbocycles. The maximum atomic E-state index is 12.9. The van der Waals surface area contributed by atoms with Gasteiger partial charge in [0, 0.05) is 16.8 Å². The molecule has 2 rings (SSSR count). The molecule has 1 aromatic carbocycles. The standard InChI is InChI=1S/C12H8Cl2F3N3/c1-6-4-10(20-11(14)18-6)19-9-3-2-7(13)5-8(9)12(15,16)17/h2-5H,1H3,(H,18,19,20). The van der Waals surface area contributed by atoms with Crippen molar-refractivity contribution in [1.82, 2.24) is 9.97 Å². The summed E-state index contributed by atoms with van der Waals surface area (Å²) in [6.45, 7) is 1.66. The second kappa shape index (κ2) is 5.46. The number of hydrogen-bond donors (Lipinski definition) is 1. The van der Waals surface area contributed by atoms with Gasteiger partial charge in [0.15, 0.2) is 0 Å². The van der Waals surface area contributed by atoms with E-state index in [9.17, 15) is 13.2 Å². The van der Waals surface area contributed by atoms with Crippen molar-refractivity contribution in [3.63, 3.8) is 0 Å². The average Bonchev–Trinajstić information content (AvgIpc) is 2.28. The molecule has 0 atom stereocenters. The van der Waals surface area contributed by atoms with E-state index in [1.54, 1.807) is 6.92 Å². The average molecular weight is 322 g/mol. The predicted molar refractivity (Wildman–Crippen MR) is 71.5 cm³/mol. The summed E-state index contributed by atoms with van der Waals surface area (Å²) in [6.07, 6.45) is -4.53. The lowest BCUT2D eigenvalue weighted by Gasteiger charge is -2.14. The largest absolute Gasteiger partial charge is 0.418 e. The summed E-state index contributed by atoms with van der Waals surface area (Å²) in [5.74, 6) is 0.176. The summed E-state index contributed by atoms with van der Waals surface area (Å²) in [5, 5.41) is 2.53. The molecule has 0 unspecified atom stereocenters. The Kier molecular flexibility index (Phi) is 4.06. The number of hydrogen-bond acceptors (Lipinski definition) is 3. The number of nitrogens with zero attached hydrogens (tertiary/aromatic N) is 2. The number of aryl methyl sites for hydroxylation is 1. The van der Waals surface area contributed by atoms with E-state index in [4.69, 9.17) is 23.2 Å². The molecule has 106 valence electrons. The molecule has 0 amide bonds. The second-order valence-electron chi connectivity index (χ2n) is 3.98. The Morgan fingerprint density at radius 2 is 1.80 bits per heavy atom. The van der Waals surface area contributed by atoms with Gasteiger partial charge in [-0.15, -0.1) is 0 Å². The number of halogens is 5. The van der Waals surface area contributed by atoms with Crippen molar-refractivity contribution in [2.75, 3.05) is 5.32 Å². The number of nitrogens with one attached hydrogen (secondary N) is 1. The Balaban J connectivity index is 2.43. The lowest BCUT2D eigenvalue weighted by Crippen LogP contribution is -2.09. The normalized spacial score (nSPS) is 11.5. The van der Waals surface area contributed by atoms with E-state index in [1.165, 1.54) is 18.2 Å². The zero-order valence-corrected chi connectivity index (χ0v) is 11.6. The van der Waals surface area contributed by atoms with Crippen molar-refractivity contribution in [3.05, 3.63) is 45.8 Å². The van der Waals surface area contributed by atoms with Crippen molar-refractivity contribution >= 4 is 34.7 Å². The molecule has 0 saturated heterocycles. The number of anilines is 2. The van der Waals surface area contributed by atoms with Crippen LogP contribution in [0.25, 0.3) is 0 Å². The van der Waals surface area contributed by atoms with E-state index in [0.717, 1.165) is 6.07 Å². The van der Waals surface area contributed by atoms with Crippen LogP contribution in [0.4, 0.5) is 24.7 Å². The molecule has 2 aromatic rings. The maximum absolute atomic E-state index is 12.9. The number of aromatic nitrogens is 2. The van der Waals surface area contributed by atoms with Crippen LogP contribution in [-0.2, 0) is 6.18 Å². The van der Waals surface area contributed by atoms with Crippen molar-refractivity contribution in [1.29, 1.82) is 0 Å². The minimum absolute atomic E-state index is 0.000208. The van der Waals surface area contributed by atoms with Gasteiger partial charge in [-0.1, -0.05) is 11.6 Å². The minimum Gasteiger partial charge on any atom is -0.340 e. The molecule has 20 heavy (non-hydrogen) atoms. The van der Waals surface area contributed by atoms with Gasteiger partial charge in [0.05, 0.1) is 11.3 Å². The Morgan fingerprint density at radius 1 is 1.10 bits per heavy atom. The predicted octanol–water partition coefficient (Wildman–Crippen LogP) is 4.85. The molecule has 0 bridgehead atoms. The Hall–Kier alpha value is -1.53. The van der Waals surface area contributed by atoms with E-state index in [-0.39, 0.29) is 21.8 Å². The molecule has 1 heterocycles. The molecule has 0 fully saturated rings. The molecule has 1 aromatic heterocycles. The SMILES string of the molecule is Cc1cc(Nc2ccc(Cl)cc2C(F)(F)F)nc(Cl)n1. The molecule has 1 N–H and O–H groups in total. The van der Waals surface area contributed by atoms with Gasteiger partial charge in [0.1, 0.15) is 5.82 Å². The fourth-order valence-corrected chi connectivity index (χ4v) is 1.99. The van der Waals surface area contributed by atoms with Crippen molar-refractivity contribution < 1.29 is 13.2 Å². The molecule has 3 nitrogen and oxygen atoms in total. The molecular formula is C12H8Cl2F3N3. The smallest absolute Gasteiger partial charge is 0.340 e. The maximum Gasteiger partial charge on any atom is 0.418 e. The van der Waals surface area contributed by atoms with E-state index < -0.39 is 11.7 Å². The van der Waals surface area contributed by atoms with Gasteiger partial charge in [-0.05, 0) is 36.7 Å². The summed E-state index contributed by atoms with van der Waals surface area (Å²) in [5.41, 5.74) is -0.497. The molecule has 0 aliphatic heterocycles. The van der Waals surface area contributed by atoms with Crippen LogP contribution < -0.4 is 5.32 Å². The summed E-state index contributed by atoms with van der Waals surface area (Å²) in [7, 11) is 0. The van der Waals surface area contributed by atoms with Crippen molar-refractivity contribution in [2.45, 2.75) is 13.1 Å². The molecule has 0 aliphatic rings. The molecule has 0 saturated carbocycles. The zero-order chi connectivity index (χ0) is 14.9. The molecule has 0 radical (unpaired) electrons. The first-order valence-corrected chi connectivity index (χ1v) is 6.16. The number of alkyl halides is 3. The third-order valence-electron chi connectivity index (χ3n) is 2.38. The molecular weight excluding hydrogens is 314 g/mol. The van der Waals surface area contributed by atoms with Crippen LogP contribution in [0.1, 0.15) is 11.3 Å². The van der Waals surface area contributed by atoms with Crippen LogP contribution in [0.2, 0.25) is 10.3 Å². The van der Waals surface area contributed by atoms with Gasteiger partial charge >= 0.3 is 6.18 Å². The van der Waals surface area contributed by atoms with Crippen LogP contribution >= 0.6 is 23.2 Å². The highest BCUT2D eigenvalue weighted by molar-refractivity contribution is 6.30. The van der Waals surface area contributed by atoms with Crippen LogP contribution in [-0.4, -0.2) is 9.97 Å². The highest BCUT2D eigenvalue weighted by Crippen LogP contribution is 2.37. The van der Waals surface area contributed by atoms with Gasteiger partial charge in [-0.25, -0.2) is 9.97 Å². The number of rotatable bonds is 2. The quantitative estimate of drug-likeness (QED) is 0.803. The molecule has 8 heteroatoms.